The largest absolute Gasteiger partial charge is 0.481 e. The maximum Gasteiger partial charge on any atom is 0.306 e. The van der Waals surface area contributed by atoms with Crippen LogP contribution >= 0.6 is 0 Å². The van der Waals surface area contributed by atoms with Crippen LogP contribution in [0.15, 0.2) is 30.3 Å². The molecule has 0 aromatic heterocycles. The highest BCUT2D eigenvalue weighted by molar-refractivity contribution is 5.97. The summed E-state index contributed by atoms with van der Waals surface area (Å²) in [6.07, 6.45) is 0.970. The lowest BCUT2D eigenvalue weighted by Gasteiger charge is -2.31. The molecule has 1 saturated heterocycles. The Labute approximate surface area is 141 Å². The molecule has 1 aromatic carbocycles. The van der Waals surface area contributed by atoms with Gasteiger partial charge in [0.25, 0.3) is 0 Å². The molecular formula is C18H24N2O4. The van der Waals surface area contributed by atoms with Gasteiger partial charge >= 0.3 is 5.97 Å². The van der Waals surface area contributed by atoms with Gasteiger partial charge in [0.15, 0.2) is 0 Å². The normalized spacial score (nSPS) is 22.0. The number of carbonyl (C=O) groups excluding carboxylic acids is 2. The van der Waals surface area contributed by atoms with E-state index >= 15 is 0 Å². The second kappa shape index (κ2) is 7.95. The molecule has 1 unspecified atom stereocenters. The third-order valence-corrected chi connectivity index (χ3v) is 4.17. The summed E-state index contributed by atoms with van der Waals surface area (Å²) >= 11 is 0. The first-order valence-corrected chi connectivity index (χ1v) is 8.24. The number of hydrogen-bond donors (Lipinski definition) is 3. The van der Waals surface area contributed by atoms with Crippen molar-refractivity contribution in [3.63, 3.8) is 0 Å². The number of amides is 2. The number of nitrogens with one attached hydrogen (secondary N) is 2. The maximum absolute atomic E-state index is 12.2. The topological polar surface area (TPSA) is 95.5 Å². The van der Waals surface area contributed by atoms with Gasteiger partial charge in [0, 0.05) is 0 Å². The lowest BCUT2D eigenvalue weighted by Crippen LogP contribution is -2.62. The Morgan fingerprint density at radius 1 is 1.04 bits per heavy atom. The molecule has 6 heteroatoms. The fourth-order valence-corrected chi connectivity index (χ4v) is 2.93. The van der Waals surface area contributed by atoms with Crippen molar-refractivity contribution in [3.8, 4) is 0 Å². The standard InChI is InChI=1S/C18H24N2O4/c1-11(2)8-14-16(21)20-15(17(22)19-14)10-13(18(23)24)9-12-6-4-3-5-7-12/h3-7,11,13-15H,8-10H2,1-2H3,(H,19,22)(H,20,21)(H,23,24)/t13?,14-,15-/m0/s1. The molecule has 1 aromatic rings. The lowest BCUT2D eigenvalue weighted by molar-refractivity contribution is -0.144. The molecule has 2 amide bonds. The molecule has 3 atom stereocenters. The number of piperazine rings is 1. The zero-order valence-corrected chi connectivity index (χ0v) is 14.0. The molecule has 1 aliphatic heterocycles. The first-order valence-electron chi connectivity index (χ1n) is 8.24. The lowest BCUT2D eigenvalue weighted by atomic mass is 9.90. The van der Waals surface area contributed by atoms with E-state index in [1.54, 1.807) is 0 Å². The van der Waals surface area contributed by atoms with Gasteiger partial charge in [0.1, 0.15) is 12.1 Å². The van der Waals surface area contributed by atoms with Gasteiger partial charge in [-0.3, -0.25) is 14.4 Å². The van der Waals surface area contributed by atoms with Crippen molar-refractivity contribution in [2.24, 2.45) is 11.8 Å². The molecule has 1 fully saturated rings. The van der Waals surface area contributed by atoms with Crippen molar-refractivity contribution in [1.82, 2.24) is 10.6 Å². The van der Waals surface area contributed by atoms with Crippen LogP contribution < -0.4 is 10.6 Å². The van der Waals surface area contributed by atoms with Crippen LogP contribution in [0.2, 0.25) is 0 Å². The molecule has 130 valence electrons. The van der Waals surface area contributed by atoms with Gasteiger partial charge in [-0.15, -0.1) is 0 Å². The third kappa shape index (κ3) is 4.81. The van der Waals surface area contributed by atoms with Crippen LogP contribution in [-0.4, -0.2) is 35.0 Å². The van der Waals surface area contributed by atoms with Crippen molar-refractivity contribution < 1.29 is 19.5 Å². The zero-order valence-electron chi connectivity index (χ0n) is 14.0. The van der Waals surface area contributed by atoms with E-state index < -0.39 is 24.0 Å². The fraction of sp³-hybridized carbons (Fsp3) is 0.500. The van der Waals surface area contributed by atoms with Crippen molar-refractivity contribution in [2.75, 3.05) is 0 Å². The first kappa shape index (κ1) is 18.0. The summed E-state index contributed by atoms with van der Waals surface area (Å²) in [5.74, 6) is -1.96. The average Bonchev–Trinajstić information content (AvgIpc) is 2.51. The Bertz CT molecular complexity index is 600. The second-order valence-electron chi connectivity index (χ2n) is 6.71. The van der Waals surface area contributed by atoms with Gasteiger partial charge in [-0.2, -0.15) is 0 Å². The van der Waals surface area contributed by atoms with Crippen molar-refractivity contribution >= 4 is 17.8 Å². The van der Waals surface area contributed by atoms with Crippen LogP contribution in [0.4, 0.5) is 0 Å². The molecule has 24 heavy (non-hydrogen) atoms. The van der Waals surface area contributed by atoms with Gasteiger partial charge in [0.05, 0.1) is 5.92 Å². The minimum Gasteiger partial charge on any atom is -0.481 e. The Morgan fingerprint density at radius 2 is 1.58 bits per heavy atom. The van der Waals surface area contributed by atoms with E-state index in [0.29, 0.717) is 12.8 Å². The maximum atomic E-state index is 12.2. The van der Waals surface area contributed by atoms with E-state index in [-0.39, 0.29) is 24.2 Å². The van der Waals surface area contributed by atoms with Gasteiger partial charge < -0.3 is 15.7 Å². The minimum absolute atomic E-state index is 0.0796. The van der Waals surface area contributed by atoms with Crippen LogP contribution in [-0.2, 0) is 20.8 Å². The van der Waals surface area contributed by atoms with E-state index in [1.807, 2.05) is 44.2 Å². The monoisotopic (exact) mass is 332 g/mol. The molecule has 1 heterocycles. The minimum atomic E-state index is -0.967. The summed E-state index contributed by atoms with van der Waals surface area (Å²) in [4.78, 5) is 35.9. The SMILES string of the molecule is CC(C)C[C@@H]1NC(=O)[C@H](CC(Cc2ccccc2)C(=O)O)NC1=O. The summed E-state index contributed by atoms with van der Waals surface area (Å²) in [6.45, 7) is 3.96. The first-order chi connectivity index (χ1) is 11.4. The van der Waals surface area contributed by atoms with Crippen molar-refractivity contribution in [3.05, 3.63) is 35.9 Å². The number of aliphatic carboxylic acids is 1. The number of carboxylic acid groups (broad SMARTS) is 1. The van der Waals surface area contributed by atoms with E-state index in [9.17, 15) is 19.5 Å². The number of benzene rings is 1. The van der Waals surface area contributed by atoms with Gasteiger partial charge in [-0.25, -0.2) is 0 Å². The number of carbonyl (C=O) groups is 3. The van der Waals surface area contributed by atoms with Gasteiger partial charge in [0.2, 0.25) is 11.8 Å². The van der Waals surface area contributed by atoms with Crippen molar-refractivity contribution in [1.29, 1.82) is 0 Å². The highest BCUT2D eigenvalue weighted by Gasteiger charge is 2.36. The summed E-state index contributed by atoms with van der Waals surface area (Å²) in [6, 6.07) is 7.93. The smallest absolute Gasteiger partial charge is 0.306 e. The zero-order chi connectivity index (χ0) is 17.7. The number of carboxylic acids is 1. The van der Waals surface area contributed by atoms with Crippen LogP contribution in [0.1, 0.15) is 32.3 Å². The summed E-state index contributed by atoms with van der Waals surface area (Å²) in [5, 5.41) is 14.8. The Morgan fingerprint density at radius 3 is 2.08 bits per heavy atom. The predicted octanol–water partition coefficient (Wildman–Crippen LogP) is 1.35. The van der Waals surface area contributed by atoms with E-state index in [1.165, 1.54) is 0 Å². The average molecular weight is 332 g/mol. The molecule has 2 rings (SSSR count). The quantitative estimate of drug-likeness (QED) is 0.702. The molecule has 1 aliphatic rings. The van der Waals surface area contributed by atoms with Gasteiger partial charge in [-0.05, 0) is 30.7 Å². The van der Waals surface area contributed by atoms with E-state index in [2.05, 4.69) is 10.6 Å². The molecule has 0 radical (unpaired) electrons. The Balaban J connectivity index is 2.01. The fourth-order valence-electron chi connectivity index (χ4n) is 2.93. The summed E-state index contributed by atoms with van der Waals surface area (Å²) in [7, 11) is 0. The Hall–Kier alpha value is -2.37. The second-order valence-corrected chi connectivity index (χ2v) is 6.71. The van der Waals surface area contributed by atoms with Gasteiger partial charge in [-0.1, -0.05) is 44.2 Å². The van der Waals surface area contributed by atoms with Crippen LogP contribution in [0, 0.1) is 11.8 Å². The molecule has 6 nitrogen and oxygen atoms in total. The molecule has 0 bridgehead atoms. The summed E-state index contributed by atoms with van der Waals surface area (Å²) in [5.41, 5.74) is 0.894. The van der Waals surface area contributed by atoms with Crippen molar-refractivity contribution in [2.45, 2.75) is 45.2 Å². The van der Waals surface area contributed by atoms with E-state index in [0.717, 1.165) is 5.56 Å². The number of hydrogen-bond acceptors (Lipinski definition) is 3. The highest BCUT2D eigenvalue weighted by atomic mass is 16.4. The predicted molar refractivity (Wildman–Crippen MR) is 89.2 cm³/mol. The van der Waals surface area contributed by atoms with Crippen LogP contribution in [0.3, 0.4) is 0 Å². The third-order valence-electron chi connectivity index (χ3n) is 4.17. The summed E-state index contributed by atoms with van der Waals surface area (Å²) < 4.78 is 0. The molecule has 3 N–H and O–H groups in total. The van der Waals surface area contributed by atoms with E-state index in [4.69, 9.17) is 0 Å². The van der Waals surface area contributed by atoms with Crippen LogP contribution in [0.25, 0.3) is 0 Å². The van der Waals surface area contributed by atoms with Crippen LogP contribution in [0.5, 0.6) is 0 Å². The number of rotatable bonds is 7. The Kier molecular flexibility index (Phi) is 5.95. The molecule has 0 saturated carbocycles. The highest BCUT2D eigenvalue weighted by Crippen LogP contribution is 2.18. The molecule has 0 aliphatic carbocycles. The molecular weight excluding hydrogens is 308 g/mol. The molecule has 0 spiro atoms.